The van der Waals surface area contributed by atoms with E-state index in [1.165, 1.54) is 11.3 Å². The van der Waals surface area contributed by atoms with Crippen LogP contribution < -0.4 is 14.8 Å². The molecule has 1 aromatic heterocycles. The predicted octanol–water partition coefficient (Wildman–Crippen LogP) is 5.36. The number of aromatic nitrogens is 1. The first-order valence-corrected chi connectivity index (χ1v) is 13.4. The number of hydrogen-bond acceptors (Lipinski definition) is 9. The minimum absolute atomic E-state index is 0.0359. The Kier molecular flexibility index (Phi) is 10.8. The summed E-state index contributed by atoms with van der Waals surface area (Å²) in [5, 5.41) is 4.87. The van der Waals surface area contributed by atoms with Gasteiger partial charge in [-0.15, -0.1) is 11.3 Å². The van der Waals surface area contributed by atoms with Crippen LogP contribution in [0.15, 0.2) is 23.6 Å². The number of benzene rings is 1. The number of thiazole rings is 1. The highest BCUT2D eigenvalue weighted by atomic mass is 32.1. The lowest BCUT2D eigenvalue weighted by Gasteiger charge is -2.17. The summed E-state index contributed by atoms with van der Waals surface area (Å²) >= 11 is 1.23. The predicted molar refractivity (Wildman–Crippen MR) is 129 cm³/mol. The van der Waals surface area contributed by atoms with E-state index in [0.29, 0.717) is 34.5 Å². The zero-order valence-corrected chi connectivity index (χ0v) is 21.7. The fraction of sp³-hybridized carbons (Fsp3) is 0.545. The van der Waals surface area contributed by atoms with Crippen molar-refractivity contribution < 1.29 is 32.6 Å². The summed E-state index contributed by atoms with van der Waals surface area (Å²) < 4.78 is 40.1. The van der Waals surface area contributed by atoms with Crippen molar-refractivity contribution in [3.05, 3.63) is 34.8 Å². The molecule has 0 aliphatic carbocycles. The second-order valence-electron chi connectivity index (χ2n) is 7.45. The van der Waals surface area contributed by atoms with E-state index in [9.17, 15) is 9.36 Å². The Labute approximate surface area is 199 Å². The van der Waals surface area contributed by atoms with Gasteiger partial charge in [0.15, 0.2) is 5.13 Å². The summed E-state index contributed by atoms with van der Waals surface area (Å²) in [5.41, 5.74) is 0.883. The molecule has 2 aromatic rings. The van der Waals surface area contributed by atoms with Gasteiger partial charge in [-0.05, 0) is 46.8 Å². The van der Waals surface area contributed by atoms with Gasteiger partial charge in [-0.25, -0.2) is 4.98 Å². The molecule has 0 fully saturated rings. The van der Waals surface area contributed by atoms with Crippen LogP contribution in [-0.4, -0.2) is 50.0 Å². The van der Waals surface area contributed by atoms with Gasteiger partial charge in [0.05, 0.1) is 37.8 Å². The lowest BCUT2D eigenvalue weighted by atomic mass is 10.2. The molecule has 1 heterocycles. The molecule has 33 heavy (non-hydrogen) atoms. The van der Waals surface area contributed by atoms with Crippen molar-refractivity contribution >= 4 is 30.0 Å². The van der Waals surface area contributed by atoms with Crippen LogP contribution in [0.25, 0.3) is 0 Å². The number of carbonyl (C=O) groups excluding carboxylic acids is 1. The molecule has 0 radical (unpaired) electrons. The molecule has 1 aromatic carbocycles. The van der Waals surface area contributed by atoms with Gasteiger partial charge < -0.3 is 23.3 Å². The molecule has 0 saturated carbocycles. The Bertz CT molecular complexity index is 941. The first kappa shape index (κ1) is 27.3. The highest BCUT2D eigenvalue weighted by molar-refractivity contribution is 7.53. The lowest BCUT2D eigenvalue weighted by molar-refractivity contribution is 0.0913. The molecule has 11 heteroatoms. The normalized spacial score (nSPS) is 12.6. The molecule has 1 atom stereocenters. The lowest BCUT2D eigenvalue weighted by Crippen LogP contribution is -2.19. The number of hydrogen-bond donors (Lipinski definition) is 1. The number of ether oxygens (including phenoxy) is 3. The molecule has 9 nitrogen and oxygen atoms in total. The van der Waals surface area contributed by atoms with Crippen LogP contribution in [0.4, 0.5) is 5.13 Å². The van der Waals surface area contributed by atoms with Crippen molar-refractivity contribution in [3.8, 4) is 11.5 Å². The van der Waals surface area contributed by atoms with E-state index in [1.807, 2.05) is 20.8 Å². The molecule has 184 valence electrons. The Morgan fingerprint density at radius 2 is 1.73 bits per heavy atom. The number of nitrogens with zero attached hydrogens (tertiary/aromatic N) is 1. The largest absolute Gasteiger partial charge is 0.491 e. The molecule has 0 aliphatic heterocycles. The number of anilines is 1. The van der Waals surface area contributed by atoms with E-state index in [4.69, 9.17) is 23.3 Å². The Balaban J connectivity index is 2.17. The Hall–Kier alpha value is -1.97. The van der Waals surface area contributed by atoms with Crippen LogP contribution in [0.5, 0.6) is 11.5 Å². The molecule has 0 bridgehead atoms. The second-order valence-corrected chi connectivity index (χ2v) is 10.4. The van der Waals surface area contributed by atoms with Gasteiger partial charge >= 0.3 is 7.60 Å². The SMILES string of the molecule is CCOP(=O)(Cc1csc(NC(=O)c2cc(OC(C)C)cc(O[C@@H](C)COC)c2)n1)OCC. The third kappa shape index (κ3) is 9.06. The summed E-state index contributed by atoms with van der Waals surface area (Å²) in [6, 6.07) is 5.03. The third-order valence-electron chi connectivity index (χ3n) is 4.03. The maximum atomic E-state index is 12.9. The van der Waals surface area contributed by atoms with Gasteiger partial charge in [0.2, 0.25) is 0 Å². The molecule has 0 aliphatic rings. The van der Waals surface area contributed by atoms with E-state index in [0.717, 1.165) is 0 Å². The number of nitrogens with one attached hydrogen (secondary N) is 1. The number of carbonyl (C=O) groups is 1. The van der Waals surface area contributed by atoms with Gasteiger partial charge in [0.1, 0.15) is 17.6 Å². The third-order valence-corrected chi connectivity index (χ3v) is 6.85. The smallest absolute Gasteiger partial charge is 0.336 e. The van der Waals surface area contributed by atoms with Crippen molar-refractivity contribution in [2.24, 2.45) is 0 Å². The molecular formula is C22H33N2O7PS. The van der Waals surface area contributed by atoms with E-state index >= 15 is 0 Å². The summed E-state index contributed by atoms with van der Waals surface area (Å²) in [6.45, 7) is 10.1. The topological polar surface area (TPSA) is 105 Å². The highest BCUT2D eigenvalue weighted by Gasteiger charge is 2.26. The van der Waals surface area contributed by atoms with Gasteiger partial charge in [-0.2, -0.15) is 0 Å². The van der Waals surface area contributed by atoms with Crippen LogP contribution in [0, 0.1) is 0 Å². The first-order chi connectivity index (χ1) is 15.7. The minimum atomic E-state index is -3.28. The molecule has 0 unspecified atom stereocenters. The maximum Gasteiger partial charge on any atom is 0.336 e. The molecule has 1 N–H and O–H groups in total. The van der Waals surface area contributed by atoms with Crippen LogP contribution in [0.3, 0.4) is 0 Å². The summed E-state index contributed by atoms with van der Waals surface area (Å²) in [7, 11) is -1.68. The first-order valence-electron chi connectivity index (χ1n) is 10.8. The van der Waals surface area contributed by atoms with Crippen molar-refractivity contribution in [3.63, 3.8) is 0 Å². The van der Waals surface area contributed by atoms with E-state index in [-0.39, 0.29) is 37.5 Å². The molecule has 2 rings (SSSR count). The van der Waals surface area contributed by atoms with Crippen molar-refractivity contribution in [2.45, 2.75) is 53.0 Å². The zero-order chi connectivity index (χ0) is 24.4. The fourth-order valence-electron chi connectivity index (χ4n) is 2.94. The summed E-state index contributed by atoms with van der Waals surface area (Å²) in [5.74, 6) is 0.649. The van der Waals surface area contributed by atoms with Crippen LogP contribution >= 0.6 is 18.9 Å². The average molecular weight is 501 g/mol. The minimum Gasteiger partial charge on any atom is -0.491 e. The van der Waals surface area contributed by atoms with Gasteiger partial charge in [-0.3, -0.25) is 14.7 Å². The number of methoxy groups -OCH3 is 1. The monoisotopic (exact) mass is 500 g/mol. The average Bonchev–Trinajstić information content (AvgIpc) is 3.13. The van der Waals surface area contributed by atoms with Crippen LogP contribution in [-0.2, 0) is 24.5 Å². The summed E-state index contributed by atoms with van der Waals surface area (Å²) in [6.07, 6.45) is -0.234. The molecule has 1 amide bonds. The summed E-state index contributed by atoms with van der Waals surface area (Å²) in [4.78, 5) is 17.3. The highest BCUT2D eigenvalue weighted by Crippen LogP contribution is 2.51. The van der Waals surface area contributed by atoms with Gasteiger partial charge in [-0.1, -0.05) is 0 Å². The molecule has 0 saturated heterocycles. The van der Waals surface area contributed by atoms with E-state index < -0.39 is 7.60 Å². The second kappa shape index (κ2) is 13.1. The van der Waals surface area contributed by atoms with Crippen molar-refractivity contribution in [2.75, 3.05) is 32.2 Å². The Morgan fingerprint density at radius 1 is 1.09 bits per heavy atom. The van der Waals surface area contributed by atoms with Crippen molar-refractivity contribution in [1.29, 1.82) is 0 Å². The molecular weight excluding hydrogens is 467 g/mol. The fourth-order valence-corrected chi connectivity index (χ4v) is 5.37. The molecule has 0 spiro atoms. The van der Waals surface area contributed by atoms with E-state index in [1.54, 1.807) is 44.5 Å². The van der Waals surface area contributed by atoms with E-state index in [2.05, 4.69) is 10.3 Å². The maximum absolute atomic E-state index is 12.9. The quantitative estimate of drug-likeness (QED) is 0.346. The van der Waals surface area contributed by atoms with Crippen molar-refractivity contribution in [1.82, 2.24) is 4.98 Å². The number of amides is 1. The zero-order valence-electron chi connectivity index (χ0n) is 20.0. The Morgan fingerprint density at radius 3 is 2.30 bits per heavy atom. The number of rotatable bonds is 14. The van der Waals surface area contributed by atoms with Crippen LogP contribution in [0.1, 0.15) is 50.7 Å². The van der Waals surface area contributed by atoms with Gasteiger partial charge in [0.25, 0.3) is 5.91 Å². The van der Waals surface area contributed by atoms with Crippen LogP contribution in [0.2, 0.25) is 0 Å². The van der Waals surface area contributed by atoms with Gasteiger partial charge in [0, 0.05) is 24.1 Å². The standard InChI is InChI=1S/C22H33N2O7PS/c1-7-28-32(26,29-8-2)13-18-14-33-22(23-18)24-21(25)17-9-19(30-15(3)4)11-20(10-17)31-16(5)12-27-6/h9-11,14-16H,7-8,12-13H2,1-6H3,(H,23,24,25)/t16-/m0/s1.